The highest BCUT2D eigenvalue weighted by molar-refractivity contribution is 4.75. The molecule has 0 N–H and O–H groups in total. The lowest BCUT2D eigenvalue weighted by Gasteiger charge is -2.24. The second kappa shape index (κ2) is 8.23. The fourth-order valence-corrected chi connectivity index (χ4v) is 1.09. The molecule has 3 nitrogen and oxygen atoms in total. The molecule has 0 aliphatic heterocycles. The van der Waals surface area contributed by atoms with Crippen LogP contribution in [-0.2, 0) is 14.2 Å². The highest BCUT2D eigenvalue weighted by Gasteiger charge is 2.21. The van der Waals surface area contributed by atoms with Crippen LogP contribution in [0.25, 0.3) is 0 Å². The maximum atomic E-state index is 5.28. The molecule has 0 amide bonds. The average Bonchev–Trinajstić information content (AvgIpc) is 2.21. The highest BCUT2D eigenvalue weighted by Crippen LogP contribution is 2.10. The van der Waals surface area contributed by atoms with Crippen molar-refractivity contribution >= 4 is 0 Å². The number of hydrogen-bond acceptors (Lipinski definition) is 3. The molecular formula is C11H18O3. The summed E-state index contributed by atoms with van der Waals surface area (Å²) < 4.78 is 15.6. The van der Waals surface area contributed by atoms with E-state index < -0.39 is 0 Å². The van der Waals surface area contributed by atoms with Crippen LogP contribution < -0.4 is 0 Å². The van der Waals surface area contributed by atoms with Gasteiger partial charge in [0.25, 0.3) is 0 Å². The molecule has 80 valence electrons. The predicted molar refractivity (Wildman–Crippen MR) is 56.6 cm³/mol. The van der Waals surface area contributed by atoms with Crippen molar-refractivity contribution in [3.05, 3.63) is 38.5 Å². The fourth-order valence-electron chi connectivity index (χ4n) is 1.09. The van der Waals surface area contributed by atoms with Gasteiger partial charge in [0.15, 0.2) is 6.10 Å². The van der Waals surface area contributed by atoms with Crippen LogP contribution in [-0.4, -0.2) is 18.8 Å². The maximum absolute atomic E-state index is 5.28. The zero-order valence-corrected chi connectivity index (χ0v) is 8.65. The molecule has 0 bridgehead atoms. The zero-order chi connectivity index (χ0) is 10.8. The largest absolute Gasteiger partial charge is 0.498 e. The third-order valence-corrected chi connectivity index (χ3v) is 1.74. The first-order valence-electron chi connectivity index (χ1n) is 4.55. The standard InChI is InChI=1S/C11H18O3/c1-5-10(13-7-3)11(14-8-4)9-12-6-2/h6-8,10-11H,2-5,9H2,1H3. The monoisotopic (exact) mass is 198 g/mol. The van der Waals surface area contributed by atoms with Gasteiger partial charge in [-0.1, -0.05) is 26.7 Å². The molecule has 3 heteroatoms. The number of rotatable bonds is 9. The summed E-state index contributed by atoms with van der Waals surface area (Å²) in [5.41, 5.74) is 0. The van der Waals surface area contributed by atoms with Crippen LogP contribution in [0.3, 0.4) is 0 Å². The fraction of sp³-hybridized carbons (Fsp3) is 0.455. The molecule has 0 aromatic heterocycles. The van der Waals surface area contributed by atoms with Crippen LogP contribution in [0.5, 0.6) is 0 Å². The molecule has 0 saturated carbocycles. The molecule has 0 aromatic carbocycles. The second-order valence-corrected chi connectivity index (χ2v) is 2.59. The molecule has 2 atom stereocenters. The smallest absolute Gasteiger partial charge is 0.168 e. The lowest BCUT2D eigenvalue weighted by Crippen LogP contribution is -2.32. The molecule has 0 aromatic rings. The van der Waals surface area contributed by atoms with Gasteiger partial charge in [-0.05, 0) is 6.42 Å². The van der Waals surface area contributed by atoms with Crippen molar-refractivity contribution in [2.24, 2.45) is 0 Å². The molecular weight excluding hydrogens is 180 g/mol. The van der Waals surface area contributed by atoms with Crippen LogP contribution in [0.4, 0.5) is 0 Å². The summed E-state index contributed by atoms with van der Waals surface area (Å²) >= 11 is 0. The van der Waals surface area contributed by atoms with E-state index in [0.717, 1.165) is 6.42 Å². The van der Waals surface area contributed by atoms with Gasteiger partial charge >= 0.3 is 0 Å². The molecule has 0 radical (unpaired) electrons. The van der Waals surface area contributed by atoms with Crippen LogP contribution in [0.2, 0.25) is 0 Å². The van der Waals surface area contributed by atoms with Crippen molar-refractivity contribution in [3.8, 4) is 0 Å². The van der Waals surface area contributed by atoms with Gasteiger partial charge in [0.05, 0.1) is 18.8 Å². The molecule has 0 aliphatic rings. The molecule has 14 heavy (non-hydrogen) atoms. The molecule has 2 unspecified atom stereocenters. The summed E-state index contributed by atoms with van der Waals surface area (Å²) in [6.45, 7) is 12.9. The molecule has 0 aliphatic carbocycles. The first-order chi connectivity index (χ1) is 6.79. The van der Waals surface area contributed by atoms with Crippen LogP contribution in [0.1, 0.15) is 13.3 Å². The SMILES string of the molecule is C=COCC(OC=C)C(CC)OC=C. The van der Waals surface area contributed by atoms with E-state index in [1.807, 2.05) is 6.92 Å². The summed E-state index contributed by atoms with van der Waals surface area (Å²) in [6.07, 6.45) is 4.71. The van der Waals surface area contributed by atoms with Crippen molar-refractivity contribution in [1.29, 1.82) is 0 Å². The lowest BCUT2D eigenvalue weighted by atomic mass is 10.1. The minimum Gasteiger partial charge on any atom is -0.498 e. The van der Waals surface area contributed by atoms with Gasteiger partial charge in [0.1, 0.15) is 12.7 Å². The Morgan fingerprint density at radius 2 is 1.57 bits per heavy atom. The van der Waals surface area contributed by atoms with Gasteiger partial charge in [-0.15, -0.1) is 0 Å². The Labute approximate surface area is 85.7 Å². The van der Waals surface area contributed by atoms with E-state index in [1.165, 1.54) is 18.8 Å². The normalized spacial score (nSPS) is 13.5. The van der Waals surface area contributed by atoms with Crippen LogP contribution >= 0.6 is 0 Å². The summed E-state index contributed by atoms with van der Waals surface area (Å²) in [5, 5.41) is 0. The van der Waals surface area contributed by atoms with Crippen LogP contribution in [0, 0.1) is 0 Å². The summed E-state index contributed by atoms with van der Waals surface area (Å²) in [6, 6.07) is 0. The molecule has 0 heterocycles. The summed E-state index contributed by atoms with van der Waals surface area (Å²) in [7, 11) is 0. The summed E-state index contributed by atoms with van der Waals surface area (Å²) in [4.78, 5) is 0. The Morgan fingerprint density at radius 3 is 2.00 bits per heavy atom. The third-order valence-electron chi connectivity index (χ3n) is 1.74. The van der Waals surface area contributed by atoms with E-state index >= 15 is 0 Å². The highest BCUT2D eigenvalue weighted by atomic mass is 16.6. The summed E-state index contributed by atoms with van der Waals surface area (Å²) in [5.74, 6) is 0. The zero-order valence-electron chi connectivity index (χ0n) is 8.65. The van der Waals surface area contributed by atoms with Gasteiger partial charge in [0, 0.05) is 0 Å². The van der Waals surface area contributed by atoms with Crippen molar-refractivity contribution in [3.63, 3.8) is 0 Å². The van der Waals surface area contributed by atoms with E-state index in [9.17, 15) is 0 Å². The van der Waals surface area contributed by atoms with Gasteiger partial charge in [-0.3, -0.25) is 0 Å². The Balaban J connectivity index is 4.16. The lowest BCUT2D eigenvalue weighted by molar-refractivity contribution is -0.0333. The minimum atomic E-state index is -0.187. The first kappa shape index (κ1) is 12.6. The maximum Gasteiger partial charge on any atom is 0.168 e. The van der Waals surface area contributed by atoms with Crippen molar-refractivity contribution in [2.45, 2.75) is 25.6 Å². The Bertz CT molecular complexity index is 177. The Morgan fingerprint density at radius 1 is 1.00 bits per heavy atom. The number of ether oxygens (including phenoxy) is 3. The van der Waals surface area contributed by atoms with Gasteiger partial charge in [-0.2, -0.15) is 0 Å². The molecule has 0 fully saturated rings. The first-order valence-corrected chi connectivity index (χ1v) is 4.55. The van der Waals surface area contributed by atoms with E-state index in [0.29, 0.717) is 6.61 Å². The van der Waals surface area contributed by atoms with E-state index in [1.54, 1.807) is 0 Å². The van der Waals surface area contributed by atoms with Gasteiger partial charge < -0.3 is 14.2 Å². The topological polar surface area (TPSA) is 27.7 Å². The predicted octanol–water partition coefficient (Wildman–Crippen LogP) is 2.61. The second-order valence-electron chi connectivity index (χ2n) is 2.59. The van der Waals surface area contributed by atoms with Crippen LogP contribution in [0.15, 0.2) is 38.5 Å². The van der Waals surface area contributed by atoms with E-state index in [4.69, 9.17) is 14.2 Å². The van der Waals surface area contributed by atoms with E-state index in [2.05, 4.69) is 19.7 Å². The van der Waals surface area contributed by atoms with Crippen molar-refractivity contribution < 1.29 is 14.2 Å². The third kappa shape index (κ3) is 4.60. The molecule has 0 spiro atoms. The number of hydrogen-bond donors (Lipinski definition) is 0. The van der Waals surface area contributed by atoms with Gasteiger partial charge in [-0.25, -0.2) is 0 Å². The Kier molecular flexibility index (Phi) is 7.42. The molecule has 0 saturated heterocycles. The van der Waals surface area contributed by atoms with Crippen molar-refractivity contribution in [1.82, 2.24) is 0 Å². The van der Waals surface area contributed by atoms with E-state index in [-0.39, 0.29) is 12.2 Å². The molecule has 0 rings (SSSR count). The average molecular weight is 198 g/mol. The Hall–Kier alpha value is -1.38. The quantitative estimate of drug-likeness (QED) is 0.533. The van der Waals surface area contributed by atoms with Gasteiger partial charge in [0.2, 0.25) is 0 Å². The minimum absolute atomic E-state index is 0.0783. The van der Waals surface area contributed by atoms with Crippen molar-refractivity contribution in [2.75, 3.05) is 6.61 Å².